The molecule has 0 saturated carbocycles. The lowest BCUT2D eigenvalue weighted by Gasteiger charge is -2.19. The summed E-state index contributed by atoms with van der Waals surface area (Å²) in [6.07, 6.45) is 4.69. The van der Waals surface area contributed by atoms with Gasteiger partial charge in [-0.25, -0.2) is 0 Å². The van der Waals surface area contributed by atoms with E-state index in [0.29, 0.717) is 6.10 Å². The Kier molecular flexibility index (Phi) is 3.95. The first-order valence-electron chi connectivity index (χ1n) is 5.76. The van der Waals surface area contributed by atoms with E-state index in [1.54, 1.807) is 0 Å². The van der Waals surface area contributed by atoms with Crippen molar-refractivity contribution in [2.24, 2.45) is 0 Å². The maximum atomic E-state index is 9.03. The zero-order chi connectivity index (χ0) is 10.5. The van der Waals surface area contributed by atoms with Crippen molar-refractivity contribution in [1.82, 2.24) is 5.32 Å². The van der Waals surface area contributed by atoms with Gasteiger partial charge in [0.2, 0.25) is 0 Å². The van der Waals surface area contributed by atoms with Crippen molar-refractivity contribution in [2.45, 2.75) is 43.9 Å². The third-order valence-electron chi connectivity index (χ3n) is 3.07. The summed E-state index contributed by atoms with van der Waals surface area (Å²) in [4.78, 5) is 0. The first kappa shape index (κ1) is 10.9. The molecule has 0 amide bonds. The van der Waals surface area contributed by atoms with Crippen LogP contribution in [-0.4, -0.2) is 38.0 Å². The molecular weight excluding hydrogens is 192 g/mol. The van der Waals surface area contributed by atoms with E-state index >= 15 is 0 Å². The largest absolute Gasteiger partial charge is 0.377 e. The first-order valence-corrected chi connectivity index (χ1v) is 5.76. The Balaban J connectivity index is 1.72. The summed E-state index contributed by atoms with van der Waals surface area (Å²) in [5.41, 5.74) is 0. The molecule has 1 N–H and O–H groups in total. The lowest BCUT2D eigenvalue weighted by Crippen LogP contribution is -2.42. The van der Waals surface area contributed by atoms with Crippen molar-refractivity contribution < 1.29 is 9.47 Å². The zero-order valence-electron chi connectivity index (χ0n) is 8.95. The molecule has 0 aliphatic carbocycles. The highest BCUT2D eigenvalue weighted by molar-refractivity contribution is 4.97. The van der Waals surface area contributed by atoms with Crippen LogP contribution in [-0.2, 0) is 9.47 Å². The fourth-order valence-electron chi connectivity index (χ4n) is 2.19. The molecule has 0 aromatic carbocycles. The lowest BCUT2D eigenvalue weighted by molar-refractivity contribution is 0.0775. The van der Waals surface area contributed by atoms with E-state index in [1.807, 2.05) is 0 Å². The van der Waals surface area contributed by atoms with Crippen molar-refractivity contribution >= 4 is 0 Å². The molecule has 2 saturated heterocycles. The monoisotopic (exact) mass is 210 g/mol. The second kappa shape index (κ2) is 5.45. The molecule has 3 atom stereocenters. The van der Waals surface area contributed by atoms with Gasteiger partial charge >= 0.3 is 0 Å². The van der Waals surface area contributed by atoms with Gasteiger partial charge < -0.3 is 9.47 Å². The zero-order valence-corrected chi connectivity index (χ0v) is 8.95. The minimum absolute atomic E-state index is 0.0800. The Morgan fingerprint density at radius 1 is 1.27 bits per heavy atom. The maximum absolute atomic E-state index is 9.03. The average molecular weight is 210 g/mol. The molecule has 84 valence electrons. The molecule has 2 aliphatic rings. The highest BCUT2D eigenvalue weighted by Gasteiger charge is 2.26. The second-order valence-electron chi connectivity index (χ2n) is 4.20. The van der Waals surface area contributed by atoms with E-state index in [9.17, 15) is 0 Å². The van der Waals surface area contributed by atoms with Crippen LogP contribution in [0.1, 0.15) is 25.7 Å². The van der Waals surface area contributed by atoms with E-state index in [0.717, 1.165) is 45.4 Å². The minimum atomic E-state index is -0.170. The maximum Gasteiger partial charge on any atom is 0.122 e. The van der Waals surface area contributed by atoms with Crippen molar-refractivity contribution in [3.63, 3.8) is 0 Å². The summed E-state index contributed by atoms with van der Waals surface area (Å²) in [5.74, 6) is 0. The molecule has 0 aromatic rings. The Labute approximate surface area is 90.5 Å². The SMILES string of the molecule is N#CC(NCC1CCCO1)C1CCCO1. The van der Waals surface area contributed by atoms with Crippen molar-refractivity contribution in [3.8, 4) is 6.07 Å². The molecule has 15 heavy (non-hydrogen) atoms. The molecule has 4 nitrogen and oxygen atoms in total. The molecule has 2 heterocycles. The number of nitrogens with zero attached hydrogens (tertiary/aromatic N) is 1. The Morgan fingerprint density at radius 3 is 2.67 bits per heavy atom. The number of hydrogen-bond acceptors (Lipinski definition) is 4. The minimum Gasteiger partial charge on any atom is -0.377 e. The smallest absolute Gasteiger partial charge is 0.122 e. The molecule has 2 rings (SSSR count). The highest BCUT2D eigenvalue weighted by atomic mass is 16.5. The summed E-state index contributed by atoms with van der Waals surface area (Å²) in [7, 11) is 0. The molecule has 2 aliphatic heterocycles. The normalized spacial score (nSPS) is 32.7. The van der Waals surface area contributed by atoms with Crippen LogP contribution in [0, 0.1) is 11.3 Å². The van der Waals surface area contributed by atoms with Gasteiger partial charge in [0.15, 0.2) is 0 Å². The quantitative estimate of drug-likeness (QED) is 0.746. The van der Waals surface area contributed by atoms with Gasteiger partial charge in [-0.1, -0.05) is 0 Å². The van der Waals surface area contributed by atoms with Gasteiger partial charge in [0.1, 0.15) is 6.04 Å². The van der Waals surface area contributed by atoms with Crippen LogP contribution in [0.5, 0.6) is 0 Å². The number of nitrogens with one attached hydrogen (secondary N) is 1. The van der Waals surface area contributed by atoms with Gasteiger partial charge in [0.25, 0.3) is 0 Å². The molecule has 0 spiro atoms. The molecule has 4 heteroatoms. The number of hydrogen-bond donors (Lipinski definition) is 1. The summed E-state index contributed by atoms with van der Waals surface area (Å²) in [6.45, 7) is 2.44. The van der Waals surface area contributed by atoms with Gasteiger partial charge in [0.05, 0.1) is 18.3 Å². The average Bonchev–Trinajstić information content (AvgIpc) is 2.90. The first-order chi connectivity index (χ1) is 7.40. The fourth-order valence-corrected chi connectivity index (χ4v) is 2.19. The topological polar surface area (TPSA) is 54.3 Å². The molecular formula is C11H18N2O2. The number of nitriles is 1. The Hall–Kier alpha value is -0.630. The fraction of sp³-hybridized carbons (Fsp3) is 0.909. The summed E-state index contributed by atoms with van der Waals surface area (Å²) < 4.78 is 11.0. The van der Waals surface area contributed by atoms with E-state index in [2.05, 4.69) is 11.4 Å². The summed E-state index contributed by atoms with van der Waals surface area (Å²) >= 11 is 0. The van der Waals surface area contributed by atoms with Crippen molar-refractivity contribution in [3.05, 3.63) is 0 Å². The van der Waals surface area contributed by atoms with Crippen molar-refractivity contribution in [2.75, 3.05) is 19.8 Å². The molecule has 0 bridgehead atoms. The van der Waals surface area contributed by atoms with Crippen LogP contribution in [0.15, 0.2) is 0 Å². The predicted octanol–water partition coefficient (Wildman–Crippen LogP) is 0.826. The molecule has 0 radical (unpaired) electrons. The molecule has 3 unspecified atom stereocenters. The van der Waals surface area contributed by atoms with Crippen molar-refractivity contribution in [1.29, 1.82) is 5.26 Å². The van der Waals surface area contributed by atoms with E-state index in [4.69, 9.17) is 14.7 Å². The summed E-state index contributed by atoms with van der Waals surface area (Å²) in [5, 5.41) is 12.3. The third kappa shape index (κ3) is 2.91. The van der Waals surface area contributed by atoms with Gasteiger partial charge in [-0.05, 0) is 25.7 Å². The van der Waals surface area contributed by atoms with Gasteiger partial charge in [-0.3, -0.25) is 5.32 Å². The van der Waals surface area contributed by atoms with Crippen LogP contribution in [0.3, 0.4) is 0 Å². The van der Waals surface area contributed by atoms with Crippen LogP contribution in [0.4, 0.5) is 0 Å². The second-order valence-corrected chi connectivity index (χ2v) is 4.20. The predicted molar refractivity (Wildman–Crippen MR) is 55.4 cm³/mol. The van der Waals surface area contributed by atoms with Crippen LogP contribution in [0.25, 0.3) is 0 Å². The Bertz CT molecular complexity index is 227. The molecule has 2 fully saturated rings. The highest BCUT2D eigenvalue weighted by Crippen LogP contribution is 2.16. The van der Waals surface area contributed by atoms with E-state index in [-0.39, 0.29) is 12.1 Å². The standard InChI is InChI=1S/C11H18N2O2/c12-7-10(11-4-2-6-15-11)13-8-9-3-1-5-14-9/h9-11,13H,1-6,8H2. The van der Waals surface area contributed by atoms with Gasteiger partial charge in [0, 0.05) is 19.8 Å². The van der Waals surface area contributed by atoms with Gasteiger partial charge in [-0.15, -0.1) is 0 Å². The Morgan fingerprint density at radius 2 is 2.07 bits per heavy atom. The van der Waals surface area contributed by atoms with E-state index < -0.39 is 0 Å². The van der Waals surface area contributed by atoms with E-state index in [1.165, 1.54) is 0 Å². The van der Waals surface area contributed by atoms with Crippen LogP contribution >= 0.6 is 0 Å². The molecule has 0 aromatic heterocycles. The number of ether oxygens (including phenoxy) is 2. The van der Waals surface area contributed by atoms with Crippen LogP contribution < -0.4 is 5.32 Å². The van der Waals surface area contributed by atoms with Crippen LogP contribution in [0.2, 0.25) is 0 Å². The number of rotatable bonds is 4. The van der Waals surface area contributed by atoms with Gasteiger partial charge in [-0.2, -0.15) is 5.26 Å². The summed E-state index contributed by atoms with van der Waals surface area (Å²) in [6, 6.07) is 2.11. The lowest BCUT2D eigenvalue weighted by atomic mass is 10.1. The third-order valence-corrected chi connectivity index (χ3v) is 3.07.